The topological polar surface area (TPSA) is 42.0 Å². The van der Waals surface area contributed by atoms with Crippen LogP contribution in [0.5, 0.6) is 5.88 Å². The van der Waals surface area contributed by atoms with E-state index in [1.165, 1.54) is 7.11 Å². The largest absolute Gasteiger partial charge is 0.481 e. The Balaban J connectivity index is 3.02. The molecule has 0 amide bonds. The van der Waals surface area contributed by atoms with Gasteiger partial charge in [-0.1, -0.05) is 0 Å². The van der Waals surface area contributed by atoms with Gasteiger partial charge in [-0.25, -0.2) is 10.1 Å². The van der Waals surface area contributed by atoms with Crippen LogP contribution in [0.3, 0.4) is 0 Å². The Morgan fingerprint density at radius 1 is 1.55 bits per heavy atom. The molecule has 0 saturated heterocycles. The van der Waals surface area contributed by atoms with E-state index in [0.29, 0.717) is 11.4 Å². The van der Waals surface area contributed by atoms with Crippen LogP contribution in [-0.2, 0) is 11.7 Å². The molecule has 0 aliphatic heterocycles. The van der Waals surface area contributed by atoms with Crippen molar-refractivity contribution in [2.24, 2.45) is 0 Å². The minimum atomic E-state index is -0.223. The zero-order valence-corrected chi connectivity index (χ0v) is 6.63. The molecule has 1 rings (SSSR count). The van der Waals surface area contributed by atoms with Crippen molar-refractivity contribution >= 4 is 0 Å². The van der Waals surface area contributed by atoms with Gasteiger partial charge in [-0.05, 0) is 18.6 Å². The van der Waals surface area contributed by atoms with Gasteiger partial charge in [-0.15, -0.1) is 0 Å². The second-order valence-corrected chi connectivity index (χ2v) is 2.30. The van der Waals surface area contributed by atoms with Gasteiger partial charge in [0.2, 0.25) is 5.88 Å². The highest BCUT2D eigenvalue weighted by atomic mass is 16.5. The quantitative estimate of drug-likeness (QED) is 0.641. The summed E-state index contributed by atoms with van der Waals surface area (Å²) in [4.78, 5) is 4.04. The molecule has 0 bridgehead atoms. The summed E-state index contributed by atoms with van der Waals surface area (Å²) >= 11 is 0. The zero-order valence-electron chi connectivity index (χ0n) is 6.63. The van der Waals surface area contributed by atoms with E-state index in [-0.39, 0.29) is 6.61 Å². The number of pyridine rings is 1. The van der Waals surface area contributed by atoms with E-state index >= 15 is 0 Å². The molecule has 0 unspecified atom stereocenters. The first-order valence-corrected chi connectivity index (χ1v) is 3.36. The van der Waals surface area contributed by atoms with Crippen molar-refractivity contribution in [1.82, 2.24) is 4.98 Å². The Bertz CT molecular complexity index is 226. The zero-order chi connectivity index (χ0) is 8.27. The molecule has 0 spiro atoms. The van der Waals surface area contributed by atoms with Crippen molar-refractivity contribution in [3.05, 3.63) is 23.4 Å². The fourth-order valence-electron chi connectivity index (χ4n) is 0.895. The van der Waals surface area contributed by atoms with Gasteiger partial charge in [-0.2, -0.15) is 0 Å². The number of nitrogens with zero attached hydrogens (tertiary/aromatic N) is 1. The monoisotopic (exact) mass is 152 g/mol. The van der Waals surface area contributed by atoms with E-state index in [1.54, 1.807) is 12.1 Å². The van der Waals surface area contributed by atoms with Crippen LogP contribution in [0.15, 0.2) is 12.1 Å². The molecule has 0 saturated carbocycles. The summed E-state index contributed by atoms with van der Waals surface area (Å²) in [6.45, 7) is 1.61. The summed E-state index contributed by atoms with van der Waals surface area (Å²) in [5.74, 6) is 0.510. The van der Waals surface area contributed by atoms with Crippen molar-refractivity contribution in [1.29, 1.82) is 0 Å². The van der Waals surface area contributed by atoms with Crippen LogP contribution in [0, 0.1) is 6.92 Å². The third kappa shape index (κ3) is 1.91. The molecule has 0 fully saturated rings. The summed E-state index contributed by atoms with van der Waals surface area (Å²) in [6.07, 6.45) is 0. The van der Waals surface area contributed by atoms with Crippen molar-refractivity contribution < 1.29 is 9.84 Å². The highest BCUT2D eigenvalue weighted by Gasteiger charge is 1.98. The molecule has 11 heavy (non-hydrogen) atoms. The van der Waals surface area contributed by atoms with Gasteiger partial charge in [0.15, 0.2) is 0 Å². The van der Waals surface area contributed by atoms with Gasteiger partial charge < -0.3 is 4.74 Å². The van der Waals surface area contributed by atoms with E-state index in [0.717, 1.165) is 5.69 Å². The smallest absolute Gasteiger partial charge is 0.213 e. The van der Waals surface area contributed by atoms with Crippen LogP contribution < -0.4 is 4.74 Å². The Morgan fingerprint density at radius 2 is 2.27 bits per heavy atom. The first-order valence-electron chi connectivity index (χ1n) is 3.36. The molecule has 1 heterocycles. The van der Waals surface area contributed by atoms with Crippen molar-refractivity contribution in [3.8, 4) is 5.88 Å². The van der Waals surface area contributed by atoms with E-state index in [1.807, 2.05) is 6.92 Å². The number of hydrogen-bond acceptors (Lipinski definition) is 2. The fourth-order valence-corrected chi connectivity index (χ4v) is 0.895. The van der Waals surface area contributed by atoms with Gasteiger partial charge in [0.1, 0.15) is 6.61 Å². The van der Waals surface area contributed by atoms with Crippen molar-refractivity contribution in [2.45, 2.75) is 13.5 Å². The maximum Gasteiger partial charge on any atom is 0.213 e. The maximum absolute atomic E-state index is 10.5. The summed E-state index contributed by atoms with van der Waals surface area (Å²) in [5, 5.41) is 10.5. The summed E-state index contributed by atoms with van der Waals surface area (Å²) < 4.78 is 4.89. The maximum atomic E-state index is 10.5. The fraction of sp³-hybridized carbons (Fsp3) is 0.375. The van der Waals surface area contributed by atoms with Crippen LogP contribution in [0.4, 0.5) is 0 Å². The van der Waals surface area contributed by atoms with E-state index in [4.69, 9.17) is 4.74 Å². The molecule has 1 aromatic rings. The lowest BCUT2D eigenvalue weighted by atomic mass is 10.2. The van der Waals surface area contributed by atoms with Gasteiger partial charge in [0.05, 0.1) is 7.11 Å². The normalized spacial score (nSPS) is 9.73. The average molecular weight is 152 g/mol. The summed E-state index contributed by atoms with van der Waals surface area (Å²) in [7, 11) is 1.54. The van der Waals surface area contributed by atoms with Gasteiger partial charge >= 0.3 is 0 Å². The predicted molar refractivity (Wildman–Crippen MR) is 39.9 cm³/mol. The van der Waals surface area contributed by atoms with Crippen LogP contribution in [-0.4, -0.2) is 12.1 Å². The lowest BCUT2D eigenvalue weighted by Crippen LogP contribution is -1.92. The second kappa shape index (κ2) is 3.34. The first kappa shape index (κ1) is 8.01. The Morgan fingerprint density at radius 3 is 2.82 bits per heavy atom. The molecule has 3 nitrogen and oxygen atoms in total. The molecule has 0 atom stereocenters. The number of methoxy groups -OCH3 is 1. The third-order valence-corrected chi connectivity index (χ3v) is 1.37. The minimum Gasteiger partial charge on any atom is -0.481 e. The molecule has 1 aromatic heterocycles. The van der Waals surface area contributed by atoms with Gasteiger partial charge in [-0.3, -0.25) is 0 Å². The molecule has 0 N–H and O–H groups in total. The number of hydrogen-bond donors (Lipinski definition) is 0. The highest BCUT2D eigenvalue weighted by molar-refractivity contribution is 5.23. The van der Waals surface area contributed by atoms with Gasteiger partial charge in [0.25, 0.3) is 0 Å². The number of rotatable bonds is 2. The summed E-state index contributed by atoms with van der Waals surface area (Å²) in [6, 6.07) is 3.41. The lowest BCUT2D eigenvalue weighted by Gasteiger charge is -2.01. The Hall–Kier alpha value is -1.09. The second-order valence-electron chi connectivity index (χ2n) is 2.30. The highest BCUT2D eigenvalue weighted by Crippen LogP contribution is 2.11. The Kier molecular flexibility index (Phi) is 2.44. The number of aryl methyl sites for hydroxylation is 1. The minimum absolute atomic E-state index is 0.223. The number of aromatic nitrogens is 1. The first-order chi connectivity index (χ1) is 5.26. The van der Waals surface area contributed by atoms with Crippen LogP contribution in [0.2, 0.25) is 0 Å². The SMILES string of the molecule is COc1cc(C[O])cc(C)n1. The summed E-state index contributed by atoms with van der Waals surface area (Å²) in [5.41, 5.74) is 1.53. The van der Waals surface area contributed by atoms with Gasteiger partial charge in [0, 0.05) is 11.8 Å². The molecule has 0 aromatic carbocycles. The van der Waals surface area contributed by atoms with E-state index in [9.17, 15) is 5.11 Å². The standard InChI is InChI=1S/C8H10NO2/c1-6-3-7(5-10)4-8(9-6)11-2/h3-4H,5H2,1-2H3. The predicted octanol–water partition coefficient (Wildman–Crippen LogP) is 1.33. The van der Waals surface area contributed by atoms with Crippen molar-refractivity contribution in [2.75, 3.05) is 7.11 Å². The van der Waals surface area contributed by atoms with E-state index < -0.39 is 0 Å². The van der Waals surface area contributed by atoms with Crippen LogP contribution in [0.25, 0.3) is 0 Å². The third-order valence-electron chi connectivity index (χ3n) is 1.37. The number of ether oxygens (including phenoxy) is 1. The molecule has 59 valence electrons. The molecule has 0 aliphatic rings. The lowest BCUT2D eigenvalue weighted by molar-refractivity contribution is 0.177. The van der Waals surface area contributed by atoms with E-state index in [2.05, 4.69) is 4.98 Å². The van der Waals surface area contributed by atoms with Crippen LogP contribution >= 0.6 is 0 Å². The molecular formula is C8H10NO2. The molecule has 3 heteroatoms. The van der Waals surface area contributed by atoms with Crippen molar-refractivity contribution in [3.63, 3.8) is 0 Å². The molecule has 0 aliphatic carbocycles. The Labute approximate surface area is 65.7 Å². The molecule has 1 radical (unpaired) electrons. The average Bonchev–Trinajstić information content (AvgIpc) is 2.03. The molecular weight excluding hydrogens is 142 g/mol. The van der Waals surface area contributed by atoms with Crippen LogP contribution in [0.1, 0.15) is 11.3 Å².